The molecule has 1 heterocycles. The van der Waals surface area contributed by atoms with E-state index in [1.165, 1.54) is 29.5 Å². The summed E-state index contributed by atoms with van der Waals surface area (Å²) in [7, 11) is 0. The summed E-state index contributed by atoms with van der Waals surface area (Å²) in [6.45, 7) is 0. The molecule has 4 aromatic rings. The lowest BCUT2D eigenvalue weighted by Gasteiger charge is -2.07. The molecule has 3 aromatic carbocycles. The summed E-state index contributed by atoms with van der Waals surface area (Å²) in [6, 6.07) is 20.5. The molecule has 0 unspecified atom stereocenters. The summed E-state index contributed by atoms with van der Waals surface area (Å²) in [6.07, 6.45) is 0. The van der Waals surface area contributed by atoms with Gasteiger partial charge in [0, 0.05) is 27.8 Å². The number of nitrogens with one attached hydrogen (secondary N) is 1. The fourth-order valence-electron chi connectivity index (χ4n) is 2.75. The number of thiazole rings is 1. The number of carbonyl (C=O) groups excluding carboxylic acids is 1. The second-order valence-electron chi connectivity index (χ2n) is 6.06. The van der Waals surface area contributed by atoms with Crippen LogP contribution in [0.25, 0.3) is 21.8 Å². The quantitative estimate of drug-likeness (QED) is 0.417. The topological polar surface area (TPSA) is 42.0 Å². The summed E-state index contributed by atoms with van der Waals surface area (Å²) in [5.41, 5.74) is 3.42. The van der Waals surface area contributed by atoms with Gasteiger partial charge in [0.1, 0.15) is 10.8 Å². The molecule has 0 saturated heterocycles. The van der Waals surface area contributed by atoms with Gasteiger partial charge in [0.15, 0.2) is 0 Å². The van der Waals surface area contributed by atoms with Crippen LogP contribution >= 0.6 is 22.9 Å². The van der Waals surface area contributed by atoms with Crippen LogP contribution in [0.5, 0.6) is 0 Å². The van der Waals surface area contributed by atoms with Crippen molar-refractivity contribution in [3.8, 4) is 21.8 Å². The molecule has 0 fully saturated rings. The molecule has 0 atom stereocenters. The molecule has 6 heteroatoms. The second kappa shape index (κ2) is 7.92. The average molecular weight is 409 g/mol. The molecule has 4 rings (SSSR count). The fourth-order valence-corrected chi connectivity index (χ4v) is 3.90. The van der Waals surface area contributed by atoms with Crippen LogP contribution in [0.4, 0.5) is 10.1 Å². The molecule has 3 nitrogen and oxygen atoms in total. The normalized spacial score (nSPS) is 10.6. The Hall–Kier alpha value is -3.02. The monoisotopic (exact) mass is 408 g/mol. The highest BCUT2D eigenvalue weighted by Gasteiger charge is 2.11. The number of anilines is 1. The Labute approximate surface area is 170 Å². The molecule has 0 spiro atoms. The van der Waals surface area contributed by atoms with Crippen molar-refractivity contribution in [3.05, 3.63) is 94.6 Å². The molecule has 1 N–H and O–H groups in total. The first-order chi connectivity index (χ1) is 13.6. The van der Waals surface area contributed by atoms with Crippen LogP contribution in [0.15, 0.2) is 78.2 Å². The predicted octanol–water partition coefficient (Wildman–Crippen LogP) is 6.52. The zero-order valence-electron chi connectivity index (χ0n) is 14.5. The number of rotatable bonds is 4. The maximum absolute atomic E-state index is 13.3. The van der Waals surface area contributed by atoms with E-state index < -0.39 is 5.82 Å². The van der Waals surface area contributed by atoms with E-state index in [2.05, 4.69) is 10.3 Å². The van der Waals surface area contributed by atoms with Crippen molar-refractivity contribution in [1.29, 1.82) is 0 Å². The Balaban J connectivity index is 1.58. The Morgan fingerprint density at radius 3 is 2.64 bits per heavy atom. The van der Waals surface area contributed by atoms with Gasteiger partial charge >= 0.3 is 0 Å². The minimum atomic E-state index is -0.448. The number of carbonyl (C=O) groups is 1. The zero-order chi connectivity index (χ0) is 19.5. The second-order valence-corrected chi connectivity index (χ2v) is 7.33. The van der Waals surface area contributed by atoms with Crippen molar-refractivity contribution in [1.82, 2.24) is 4.98 Å². The van der Waals surface area contributed by atoms with Gasteiger partial charge in [0.05, 0.1) is 10.7 Å². The van der Waals surface area contributed by atoms with Gasteiger partial charge in [-0.3, -0.25) is 4.79 Å². The van der Waals surface area contributed by atoms with E-state index in [1.807, 2.05) is 47.8 Å². The van der Waals surface area contributed by atoms with Gasteiger partial charge in [-0.2, -0.15) is 0 Å². The molecular weight excluding hydrogens is 395 g/mol. The van der Waals surface area contributed by atoms with Gasteiger partial charge in [-0.25, -0.2) is 9.37 Å². The lowest BCUT2D eigenvalue weighted by molar-refractivity contribution is 0.102. The molecule has 0 bridgehead atoms. The van der Waals surface area contributed by atoms with Gasteiger partial charge in [-0.1, -0.05) is 48.0 Å². The fraction of sp³-hybridized carbons (Fsp3) is 0. The van der Waals surface area contributed by atoms with Crippen LogP contribution in [0.1, 0.15) is 10.4 Å². The van der Waals surface area contributed by atoms with Crippen molar-refractivity contribution in [2.45, 2.75) is 0 Å². The molecule has 1 aromatic heterocycles. The first-order valence-electron chi connectivity index (χ1n) is 8.48. The summed E-state index contributed by atoms with van der Waals surface area (Å²) in [5, 5.41) is 6.22. The molecule has 0 aliphatic heterocycles. The summed E-state index contributed by atoms with van der Waals surface area (Å²) in [4.78, 5) is 17.0. The number of nitrogens with zero attached hydrogens (tertiary/aromatic N) is 1. The number of hydrogen-bond acceptors (Lipinski definition) is 3. The Morgan fingerprint density at radius 2 is 1.82 bits per heavy atom. The molecule has 0 radical (unpaired) electrons. The molecule has 0 aliphatic rings. The SMILES string of the molecule is O=C(Nc1cccc(-c2csc(-c3ccccc3Cl)n2)c1)c1cccc(F)c1. The first kappa shape index (κ1) is 18.3. The van der Waals surface area contributed by atoms with Gasteiger partial charge in [0.2, 0.25) is 0 Å². The van der Waals surface area contributed by atoms with E-state index in [0.717, 1.165) is 21.8 Å². The van der Waals surface area contributed by atoms with Gasteiger partial charge < -0.3 is 5.32 Å². The highest BCUT2D eigenvalue weighted by molar-refractivity contribution is 7.13. The number of aromatic nitrogens is 1. The number of hydrogen-bond donors (Lipinski definition) is 1. The first-order valence-corrected chi connectivity index (χ1v) is 9.74. The van der Waals surface area contributed by atoms with E-state index in [4.69, 9.17) is 11.6 Å². The van der Waals surface area contributed by atoms with Crippen molar-refractivity contribution in [3.63, 3.8) is 0 Å². The lowest BCUT2D eigenvalue weighted by Crippen LogP contribution is -2.12. The zero-order valence-corrected chi connectivity index (χ0v) is 16.1. The van der Waals surface area contributed by atoms with E-state index in [9.17, 15) is 9.18 Å². The molecule has 138 valence electrons. The van der Waals surface area contributed by atoms with E-state index >= 15 is 0 Å². The highest BCUT2D eigenvalue weighted by Crippen LogP contribution is 2.33. The molecule has 0 aliphatic carbocycles. The minimum Gasteiger partial charge on any atom is -0.322 e. The van der Waals surface area contributed by atoms with Crippen molar-refractivity contribution in [2.75, 3.05) is 5.32 Å². The predicted molar refractivity (Wildman–Crippen MR) is 112 cm³/mol. The Kier molecular flexibility index (Phi) is 5.19. The third-order valence-electron chi connectivity index (χ3n) is 4.11. The smallest absolute Gasteiger partial charge is 0.255 e. The van der Waals surface area contributed by atoms with Gasteiger partial charge in [-0.05, 0) is 36.4 Å². The van der Waals surface area contributed by atoms with Gasteiger partial charge in [0.25, 0.3) is 5.91 Å². The highest BCUT2D eigenvalue weighted by atomic mass is 35.5. The van der Waals surface area contributed by atoms with Crippen molar-refractivity contribution >= 4 is 34.5 Å². The van der Waals surface area contributed by atoms with Gasteiger partial charge in [-0.15, -0.1) is 11.3 Å². The molecular formula is C22H14ClFN2OS. The summed E-state index contributed by atoms with van der Waals surface area (Å²) < 4.78 is 13.3. The number of benzene rings is 3. The van der Waals surface area contributed by atoms with Crippen LogP contribution < -0.4 is 5.32 Å². The van der Waals surface area contributed by atoms with Crippen LogP contribution in [-0.4, -0.2) is 10.9 Å². The maximum Gasteiger partial charge on any atom is 0.255 e. The van der Waals surface area contributed by atoms with Crippen LogP contribution in [-0.2, 0) is 0 Å². The maximum atomic E-state index is 13.3. The number of amides is 1. The van der Waals surface area contributed by atoms with Crippen LogP contribution in [0.3, 0.4) is 0 Å². The lowest BCUT2D eigenvalue weighted by atomic mass is 10.1. The molecule has 28 heavy (non-hydrogen) atoms. The molecule has 0 saturated carbocycles. The third kappa shape index (κ3) is 3.96. The average Bonchev–Trinajstić information content (AvgIpc) is 3.18. The van der Waals surface area contributed by atoms with E-state index in [0.29, 0.717) is 10.7 Å². The van der Waals surface area contributed by atoms with Crippen molar-refractivity contribution in [2.24, 2.45) is 0 Å². The minimum absolute atomic E-state index is 0.264. The van der Waals surface area contributed by atoms with Crippen LogP contribution in [0, 0.1) is 5.82 Å². The standard InChI is InChI=1S/C22H14ClFN2OS/c23-19-10-2-1-9-18(19)22-26-20(13-28-22)14-5-4-8-17(12-14)25-21(27)15-6-3-7-16(24)11-15/h1-13H,(H,25,27). The Bertz CT molecular complexity index is 1160. The van der Waals surface area contributed by atoms with E-state index in [-0.39, 0.29) is 11.5 Å². The van der Waals surface area contributed by atoms with Crippen molar-refractivity contribution < 1.29 is 9.18 Å². The molecule has 1 amide bonds. The van der Waals surface area contributed by atoms with Crippen LogP contribution in [0.2, 0.25) is 5.02 Å². The summed E-state index contributed by atoms with van der Waals surface area (Å²) >= 11 is 7.76. The third-order valence-corrected chi connectivity index (χ3v) is 5.32. The summed E-state index contributed by atoms with van der Waals surface area (Å²) in [5.74, 6) is -0.817. The number of halogens is 2. The largest absolute Gasteiger partial charge is 0.322 e. The van der Waals surface area contributed by atoms with E-state index in [1.54, 1.807) is 12.1 Å². The Morgan fingerprint density at radius 1 is 1.00 bits per heavy atom.